The molecule has 0 aliphatic rings. The van der Waals surface area contributed by atoms with Crippen molar-refractivity contribution >= 4 is 22.5 Å². The van der Waals surface area contributed by atoms with Crippen LogP contribution in [-0.4, -0.2) is 36.3 Å². The van der Waals surface area contributed by atoms with Gasteiger partial charge in [-0.3, -0.25) is 9.69 Å². The van der Waals surface area contributed by atoms with Gasteiger partial charge in [-0.2, -0.15) is 0 Å². The first-order valence-electron chi connectivity index (χ1n) is 13.7. The number of fused-ring (bicyclic) bond motifs is 1. The maximum Gasteiger partial charge on any atom is 0.229 e. The minimum absolute atomic E-state index is 0.0273. The van der Waals surface area contributed by atoms with Crippen molar-refractivity contribution in [2.45, 2.75) is 47.6 Å². The zero-order chi connectivity index (χ0) is 28.9. The lowest BCUT2D eigenvalue weighted by molar-refractivity contribution is -0.120. The van der Waals surface area contributed by atoms with Crippen molar-refractivity contribution in [3.63, 3.8) is 0 Å². The number of aryl methyl sites for hydroxylation is 1. The number of aromatic nitrogens is 1. The molecule has 0 saturated carbocycles. The molecule has 0 fully saturated rings. The highest BCUT2D eigenvalue weighted by Gasteiger charge is 2.25. The predicted octanol–water partition coefficient (Wildman–Crippen LogP) is 7.20. The lowest BCUT2D eigenvalue weighted by atomic mass is 9.91. The maximum atomic E-state index is 13.7. The Bertz CT molecular complexity index is 1460. The SMILES string of the molecule is COc1ccc(-c2ccc(CN(C(=O)CC(C)(C)C)c3nccc4cc(OCC(C)CO)ccc34)cc2)cc1C. The van der Waals surface area contributed by atoms with Gasteiger partial charge >= 0.3 is 0 Å². The van der Waals surface area contributed by atoms with Crippen molar-refractivity contribution in [2.75, 3.05) is 25.2 Å². The van der Waals surface area contributed by atoms with Crippen LogP contribution in [0.2, 0.25) is 0 Å². The molecule has 0 aliphatic carbocycles. The maximum absolute atomic E-state index is 13.7. The molecule has 6 nitrogen and oxygen atoms in total. The van der Waals surface area contributed by atoms with E-state index >= 15 is 0 Å². The number of carbonyl (C=O) groups is 1. The largest absolute Gasteiger partial charge is 0.496 e. The number of amides is 1. The average Bonchev–Trinajstić information content (AvgIpc) is 2.93. The number of ether oxygens (including phenoxy) is 2. The zero-order valence-electron chi connectivity index (χ0n) is 24.4. The number of rotatable bonds is 10. The highest BCUT2D eigenvalue weighted by molar-refractivity contribution is 6.02. The van der Waals surface area contributed by atoms with Gasteiger partial charge in [-0.1, -0.05) is 58.0 Å². The van der Waals surface area contributed by atoms with Crippen molar-refractivity contribution in [2.24, 2.45) is 11.3 Å². The lowest BCUT2D eigenvalue weighted by Crippen LogP contribution is -2.34. The number of hydrogen-bond donors (Lipinski definition) is 1. The van der Waals surface area contributed by atoms with Gasteiger partial charge in [-0.15, -0.1) is 0 Å². The van der Waals surface area contributed by atoms with Gasteiger partial charge in [0.1, 0.15) is 17.3 Å². The molecule has 1 aromatic heterocycles. The summed E-state index contributed by atoms with van der Waals surface area (Å²) >= 11 is 0. The third-order valence-electron chi connectivity index (χ3n) is 6.82. The Balaban J connectivity index is 1.65. The van der Waals surface area contributed by atoms with E-state index in [1.807, 2.05) is 44.2 Å². The predicted molar refractivity (Wildman–Crippen MR) is 162 cm³/mol. The molecule has 4 aromatic rings. The average molecular weight is 541 g/mol. The Hall–Kier alpha value is -3.90. The van der Waals surface area contributed by atoms with Gasteiger partial charge in [0.05, 0.1) is 20.3 Å². The molecule has 1 amide bonds. The molecule has 4 rings (SSSR count). The second kappa shape index (κ2) is 12.5. The molecule has 0 aliphatic heterocycles. The lowest BCUT2D eigenvalue weighted by Gasteiger charge is -2.27. The van der Waals surface area contributed by atoms with Crippen LogP contribution in [0.4, 0.5) is 5.82 Å². The summed E-state index contributed by atoms with van der Waals surface area (Å²) in [6, 6.07) is 22.3. The summed E-state index contributed by atoms with van der Waals surface area (Å²) in [6.45, 7) is 11.1. The van der Waals surface area contributed by atoms with E-state index in [9.17, 15) is 9.90 Å². The summed E-state index contributed by atoms with van der Waals surface area (Å²) < 4.78 is 11.3. The van der Waals surface area contributed by atoms with Crippen molar-refractivity contribution < 1.29 is 19.4 Å². The van der Waals surface area contributed by atoms with E-state index in [0.717, 1.165) is 44.5 Å². The number of methoxy groups -OCH3 is 1. The molecular weight excluding hydrogens is 500 g/mol. The van der Waals surface area contributed by atoms with Crippen LogP contribution in [0.25, 0.3) is 21.9 Å². The number of pyridine rings is 1. The van der Waals surface area contributed by atoms with Gasteiger partial charge in [-0.05, 0) is 76.4 Å². The smallest absolute Gasteiger partial charge is 0.229 e. The molecule has 210 valence electrons. The molecule has 3 aromatic carbocycles. The van der Waals surface area contributed by atoms with Crippen molar-refractivity contribution in [3.8, 4) is 22.6 Å². The van der Waals surface area contributed by atoms with Crippen molar-refractivity contribution in [1.82, 2.24) is 4.98 Å². The number of aliphatic hydroxyl groups excluding tert-OH is 1. The first kappa shape index (κ1) is 29.1. The molecular formula is C34H40N2O4. The van der Waals surface area contributed by atoms with E-state index in [2.05, 4.69) is 62.2 Å². The summed E-state index contributed by atoms with van der Waals surface area (Å²) in [6.07, 6.45) is 2.14. The van der Waals surface area contributed by atoms with Crippen molar-refractivity contribution in [3.05, 3.63) is 84.1 Å². The van der Waals surface area contributed by atoms with Gasteiger partial charge in [-0.25, -0.2) is 4.98 Å². The molecule has 0 bridgehead atoms. The van der Waals surface area contributed by atoms with E-state index < -0.39 is 0 Å². The Morgan fingerprint density at radius 2 is 1.73 bits per heavy atom. The highest BCUT2D eigenvalue weighted by atomic mass is 16.5. The Labute approximate surface area is 237 Å². The second-order valence-electron chi connectivity index (χ2n) is 11.7. The molecule has 1 atom stereocenters. The number of carbonyl (C=O) groups excluding carboxylic acids is 1. The number of benzene rings is 3. The molecule has 1 unspecified atom stereocenters. The van der Waals surface area contributed by atoms with Crippen LogP contribution in [-0.2, 0) is 11.3 Å². The molecule has 40 heavy (non-hydrogen) atoms. The summed E-state index contributed by atoms with van der Waals surface area (Å²) in [5.74, 6) is 2.31. The summed E-state index contributed by atoms with van der Waals surface area (Å²) in [5.41, 5.74) is 4.16. The third-order valence-corrected chi connectivity index (χ3v) is 6.82. The zero-order valence-corrected chi connectivity index (χ0v) is 24.4. The van der Waals surface area contributed by atoms with Gasteiger partial charge in [0.25, 0.3) is 0 Å². The van der Waals surface area contributed by atoms with E-state index in [1.165, 1.54) is 0 Å². The van der Waals surface area contributed by atoms with E-state index in [4.69, 9.17) is 9.47 Å². The minimum Gasteiger partial charge on any atom is -0.496 e. The topological polar surface area (TPSA) is 71.9 Å². The number of hydrogen-bond acceptors (Lipinski definition) is 5. The van der Waals surface area contributed by atoms with Gasteiger partial charge in [0, 0.05) is 30.5 Å². The van der Waals surface area contributed by atoms with Crippen LogP contribution in [0.3, 0.4) is 0 Å². The van der Waals surface area contributed by atoms with Crippen LogP contribution in [0.15, 0.2) is 72.9 Å². The molecule has 6 heteroatoms. The fourth-order valence-corrected chi connectivity index (χ4v) is 4.61. The Morgan fingerprint density at radius 3 is 2.38 bits per heavy atom. The number of aliphatic hydroxyl groups is 1. The molecule has 1 N–H and O–H groups in total. The monoisotopic (exact) mass is 540 g/mol. The molecule has 0 saturated heterocycles. The Morgan fingerprint density at radius 1 is 1.00 bits per heavy atom. The van der Waals surface area contributed by atoms with Crippen molar-refractivity contribution in [1.29, 1.82) is 0 Å². The standard InChI is InChI=1S/C34H40N2O4/c1-23(21-37)22-40-29-12-13-30-28(18-29)15-16-35-33(30)36(32(38)19-34(3,4)5)20-25-7-9-26(10-8-25)27-11-14-31(39-6)24(2)17-27/h7-18,23,37H,19-22H2,1-6H3. The quantitative estimate of drug-likeness (QED) is 0.230. The second-order valence-corrected chi connectivity index (χ2v) is 11.7. The third kappa shape index (κ3) is 7.19. The molecule has 0 radical (unpaired) electrons. The fourth-order valence-electron chi connectivity index (χ4n) is 4.61. The minimum atomic E-state index is -0.166. The Kier molecular flexibility index (Phi) is 9.10. The summed E-state index contributed by atoms with van der Waals surface area (Å²) in [4.78, 5) is 20.2. The highest BCUT2D eigenvalue weighted by Crippen LogP contribution is 2.32. The summed E-state index contributed by atoms with van der Waals surface area (Å²) in [7, 11) is 1.68. The van der Waals surface area contributed by atoms with E-state index in [1.54, 1.807) is 18.2 Å². The van der Waals surface area contributed by atoms with Crippen LogP contribution in [0.1, 0.15) is 45.2 Å². The first-order valence-corrected chi connectivity index (χ1v) is 13.7. The summed E-state index contributed by atoms with van der Waals surface area (Å²) in [5, 5.41) is 11.1. The van der Waals surface area contributed by atoms with E-state index in [0.29, 0.717) is 25.4 Å². The normalized spacial score (nSPS) is 12.3. The van der Waals surface area contributed by atoms with Crippen LogP contribution in [0.5, 0.6) is 11.5 Å². The molecule has 1 heterocycles. The van der Waals surface area contributed by atoms with E-state index in [-0.39, 0.29) is 23.8 Å². The number of nitrogens with zero attached hydrogens (tertiary/aromatic N) is 2. The first-order chi connectivity index (χ1) is 19.1. The van der Waals surface area contributed by atoms with Crippen LogP contribution in [0, 0.1) is 18.3 Å². The van der Waals surface area contributed by atoms with Crippen LogP contribution >= 0.6 is 0 Å². The van der Waals surface area contributed by atoms with Gasteiger partial charge < -0.3 is 14.6 Å². The van der Waals surface area contributed by atoms with Gasteiger partial charge in [0.15, 0.2) is 0 Å². The molecule has 0 spiro atoms. The van der Waals surface area contributed by atoms with Gasteiger partial charge in [0.2, 0.25) is 5.91 Å². The number of anilines is 1. The van der Waals surface area contributed by atoms with Crippen LogP contribution < -0.4 is 14.4 Å². The fraction of sp³-hybridized carbons (Fsp3) is 0.353.